The summed E-state index contributed by atoms with van der Waals surface area (Å²) in [7, 11) is 0. The lowest BCUT2D eigenvalue weighted by Gasteiger charge is -2.05. The molecule has 0 unspecified atom stereocenters. The van der Waals surface area contributed by atoms with Crippen LogP contribution in [0.25, 0.3) is 0 Å². The molecule has 0 amide bonds. The second kappa shape index (κ2) is 6.09. The summed E-state index contributed by atoms with van der Waals surface area (Å²) in [5.41, 5.74) is 0.237. The highest BCUT2D eigenvalue weighted by atomic mass is 19.4. The quantitative estimate of drug-likeness (QED) is 0.624. The third-order valence-electron chi connectivity index (χ3n) is 2.05. The van der Waals surface area contributed by atoms with Crippen LogP contribution < -0.4 is 0 Å². The average molecular weight is 238 g/mol. The fourth-order valence-electron chi connectivity index (χ4n) is 1.13. The molecule has 0 atom stereocenters. The van der Waals surface area contributed by atoms with Gasteiger partial charge >= 0.3 is 6.18 Å². The number of hydrogen-bond donors (Lipinski definition) is 0. The Morgan fingerprint density at radius 3 is 1.35 bits per heavy atom. The zero-order valence-electron chi connectivity index (χ0n) is 9.41. The van der Waals surface area contributed by atoms with Gasteiger partial charge in [0.15, 0.2) is 0 Å². The number of halogens is 3. The number of rotatable bonds is 0. The van der Waals surface area contributed by atoms with Crippen molar-refractivity contribution >= 4 is 0 Å². The maximum Gasteiger partial charge on any atom is 0.416 e. The molecule has 0 fully saturated rings. The van der Waals surface area contributed by atoms with Crippen LogP contribution in [0.4, 0.5) is 13.2 Å². The first-order valence-corrected chi connectivity index (χ1v) is 5.14. The second-order valence-corrected chi connectivity index (χ2v) is 3.52. The predicted octanol–water partition coefficient (Wildman–Crippen LogP) is 4.70. The van der Waals surface area contributed by atoms with E-state index >= 15 is 0 Å². The van der Waals surface area contributed by atoms with Gasteiger partial charge in [-0.25, -0.2) is 0 Å². The molecule has 3 heteroatoms. The summed E-state index contributed by atoms with van der Waals surface area (Å²) in [6.07, 6.45) is -4.21. The second-order valence-electron chi connectivity index (χ2n) is 3.52. The van der Waals surface area contributed by atoms with E-state index in [9.17, 15) is 13.2 Å². The highest BCUT2D eigenvalue weighted by Gasteiger charge is 2.29. The first-order chi connectivity index (χ1) is 8.00. The number of benzene rings is 2. The van der Waals surface area contributed by atoms with Gasteiger partial charge in [0.1, 0.15) is 0 Å². The van der Waals surface area contributed by atoms with Crippen LogP contribution in [0.2, 0.25) is 0 Å². The van der Waals surface area contributed by atoms with Crippen LogP contribution in [0.15, 0.2) is 60.7 Å². The van der Waals surface area contributed by atoms with Crippen molar-refractivity contribution in [2.75, 3.05) is 0 Å². The normalized spacial score (nSPS) is 10.4. The predicted molar refractivity (Wildman–Crippen MR) is 62.6 cm³/mol. The Kier molecular flexibility index (Phi) is 4.76. The summed E-state index contributed by atoms with van der Waals surface area (Å²) < 4.78 is 35.8. The molecule has 2 rings (SSSR count). The Hall–Kier alpha value is -1.77. The summed E-state index contributed by atoms with van der Waals surface area (Å²) >= 11 is 0. The van der Waals surface area contributed by atoms with Crippen LogP contribution >= 0.6 is 0 Å². The molecule has 0 aliphatic carbocycles. The topological polar surface area (TPSA) is 0 Å². The van der Waals surface area contributed by atoms with E-state index in [1.807, 2.05) is 36.4 Å². The molecule has 17 heavy (non-hydrogen) atoms. The van der Waals surface area contributed by atoms with Crippen LogP contribution in [-0.4, -0.2) is 0 Å². The molecule has 90 valence electrons. The first kappa shape index (κ1) is 13.3. The fourth-order valence-corrected chi connectivity index (χ4v) is 1.13. The molecular formula is C14H13F3. The Bertz CT molecular complexity index is 389. The van der Waals surface area contributed by atoms with E-state index in [0.29, 0.717) is 0 Å². The zero-order valence-corrected chi connectivity index (χ0v) is 9.41. The minimum absolute atomic E-state index is 0.594. The van der Waals surface area contributed by atoms with Crippen LogP contribution in [0.5, 0.6) is 0 Å². The largest absolute Gasteiger partial charge is 0.416 e. The maximum absolute atomic E-state index is 11.9. The molecule has 0 spiro atoms. The van der Waals surface area contributed by atoms with Crippen molar-refractivity contribution in [3.05, 3.63) is 71.8 Å². The van der Waals surface area contributed by atoms with Gasteiger partial charge in [-0.05, 0) is 19.1 Å². The molecule has 0 N–H and O–H groups in total. The SMILES string of the molecule is Cc1ccc(C(F)(F)F)cc1.c1ccccc1. The van der Waals surface area contributed by atoms with Crippen molar-refractivity contribution in [1.29, 1.82) is 0 Å². The molecule has 0 saturated carbocycles. The van der Waals surface area contributed by atoms with Crippen molar-refractivity contribution in [3.63, 3.8) is 0 Å². The van der Waals surface area contributed by atoms with Gasteiger partial charge in [0.25, 0.3) is 0 Å². The number of hydrogen-bond acceptors (Lipinski definition) is 0. The van der Waals surface area contributed by atoms with Crippen molar-refractivity contribution in [1.82, 2.24) is 0 Å². The summed E-state index contributed by atoms with van der Waals surface area (Å²) in [5, 5.41) is 0. The van der Waals surface area contributed by atoms with Crippen molar-refractivity contribution in [2.45, 2.75) is 13.1 Å². The molecule has 2 aromatic rings. The monoisotopic (exact) mass is 238 g/mol. The van der Waals surface area contributed by atoms with Gasteiger partial charge in [-0.2, -0.15) is 13.2 Å². The lowest BCUT2D eigenvalue weighted by atomic mass is 10.1. The van der Waals surface area contributed by atoms with Crippen LogP contribution in [0.3, 0.4) is 0 Å². The average Bonchev–Trinajstić information content (AvgIpc) is 2.31. The van der Waals surface area contributed by atoms with E-state index < -0.39 is 11.7 Å². The van der Waals surface area contributed by atoms with Crippen molar-refractivity contribution in [3.8, 4) is 0 Å². The first-order valence-electron chi connectivity index (χ1n) is 5.14. The summed E-state index contributed by atoms with van der Waals surface area (Å²) in [4.78, 5) is 0. The minimum Gasteiger partial charge on any atom is -0.166 e. The van der Waals surface area contributed by atoms with Crippen molar-refractivity contribution in [2.24, 2.45) is 0 Å². The number of alkyl halides is 3. The molecule has 0 aromatic heterocycles. The molecule has 0 nitrogen and oxygen atoms in total. The molecule has 0 aliphatic heterocycles. The van der Waals surface area contributed by atoms with E-state index in [0.717, 1.165) is 17.7 Å². The third kappa shape index (κ3) is 5.20. The lowest BCUT2D eigenvalue weighted by Crippen LogP contribution is -2.03. The van der Waals surface area contributed by atoms with E-state index in [1.54, 1.807) is 6.92 Å². The molecule has 2 aromatic carbocycles. The number of aryl methyl sites for hydroxylation is 1. The van der Waals surface area contributed by atoms with E-state index in [1.165, 1.54) is 12.1 Å². The lowest BCUT2D eigenvalue weighted by molar-refractivity contribution is -0.137. The van der Waals surface area contributed by atoms with Gasteiger partial charge in [-0.15, -0.1) is 0 Å². The highest BCUT2D eigenvalue weighted by Crippen LogP contribution is 2.28. The Morgan fingerprint density at radius 1 is 0.706 bits per heavy atom. The Morgan fingerprint density at radius 2 is 1.06 bits per heavy atom. The minimum atomic E-state index is -4.21. The highest BCUT2D eigenvalue weighted by molar-refractivity contribution is 5.23. The maximum atomic E-state index is 11.9. The summed E-state index contributed by atoms with van der Waals surface area (Å²) in [6.45, 7) is 1.75. The van der Waals surface area contributed by atoms with Crippen LogP contribution in [0.1, 0.15) is 11.1 Å². The van der Waals surface area contributed by atoms with Crippen LogP contribution in [-0.2, 0) is 6.18 Å². The molecule has 0 bridgehead atoms. The summed E-state index contributed by atoms with van der Waals surface area (Å²) in [5.74, 6) is 0. The van der Waals surface area contributed by atoms with Crippen LogP contribution in [0, 0.1) is 6.92 Å². The van der Waals surface area contributed by atoms with E-state index in [2.05, 4.69) is 0 Å². The summed E-state index contributed by atoms with van der Waals surface area (Å²) in [6, 6.07) is 17.1. The van der Waals surface area contributed by atoms with Gasteiger partial charge in [0, 0.05) is 0 Å². The zero-order chi connectivity index (χ0) is 12.7. The smallest absolute Gasteiger partial charge is 0.166 e. The fraction of sp³-hybridized carbons (Fsp3) is 0.143. The van der Waals surface area contributed by atoms with E-state index in [-0.39, 0.29) is 0 Å². The molecule has 0 saturated heterocycles. The molecule has 0 radical (unpaired) electrons. The Balaban J connectivity index is 0.000000202. The van der Waals surface area contributed by atoms with Crippen molar-refractivity contribution < 1.29 is 13.2 Å². The van der Waals surface area contributed by atoms with Gasteiger partial charge in [-0.1, -0.05) is 54.1 Å². The van der Waals surface area contributed by atoms with Gasteiger partial charge < -0.3 is 0 Å². The van der Waals surface area contributed by atoms with E-state index in [4.69, 9.17) is 0 Å². The van der Waals surface area contributed by atoms with Gasteiger partial charge in [0.05, 0.1) is 5.56 Å². The van der Waals surface area contributed by atoms with Gasteiger partial charge in [0.2, 0.25) is 0 Å². The molecule has 0 heterocycles. The third-order valence-corrected chi connectivity index (χ3v) is 2.05. The standard InChI is InChI=1S/C8H7F3.C6H6/c1-6-2-4-7(5-3-6)8(9,10)11;1-2-4-6-5-3-1/h2-5H,1H3;1-6H. The Labute approximate surface area is 98.7 Å². The van der Waals surface area contributed by atoms with Gasteiger partial charge in [-0.3, -0.25) is 0 Å². The molecule has 0 aliphatic rings. The molecular weight excluding hydrogens is 225 g/mol.